The largest absolute Gasteiger partial charge is 0.430 e. The van der Waals surface area contributed by atoms with Gasteiger partial charge < -0.3 is 35.0 Å². The molecule has 0 aromatic rings. The van der Waals surface area contributed by atoms with Gasteiger partial charge in [-0.2, -0.15) is 0 Å². The van der Waals surface area contributed by atoms with Gasteiger partial charge in [-0.25, -0.2) is 4.79 Å². The average molecular weight is 398 g/mol. The zero-order chi connectivity index (χ0) is 21.1. The molecule has 0 aromatic heterocycles. The Morgan fingerprint density at radius 2 is 1.93 bits per heavy atom. The van der Waals surface area contributed by atoms with Crippen molar-refractivity contribution >= 4 is 5.97 Å². The van der Waals surface area contributed by atoms with Crippen LogP contribution in [0, 0.1) is 5.41 Å². The summed E-state index contributed by atoms with van der Waals surface area (Å²) in [6.07, 6.45) is 2.27. The summed E-state index contributed by atoms with van der Waals surface area (Å²) in [4.78, 5) is 12.1. The lowest BCUT2D eigenvalue weighted by Crippen LogP contribution is -2.59. The Balaban J connectivity index is 2.03. The predicted octanol–water partition coefficient (Wildman–Crippen LogP) is -0.0607. The SMILES string of the molecule is CC(=C/C(=O)O[C@@H]1O[C@H](CO)[C@@H](O)[C@H](O)[C@H]1O)/C=C/[C@@]1(O)C=CCCC1(C)C. The Labute approximate surface area is 164 Å². The normalized spacial score (nSPS) is 38.6. The van der Waals surface area contributed by atoms with E-state index < -0.39 is 48.9 Å². The number of hydrogen-bond donors (Lipinski definition) is 5. The summed E-state index contributed by atoms with van der Waals surface area (Å²) in [5, 5.41) is 49.4. The highest BCUT2D eigenvalue weighted by molar-refractivity contribution is 5.83. The molecule has 0 radical (unpaired) electrons. The number of ether oxygens (including phenoxy) is 2. The molecule has 8 nitrogen and oxygen atoms in total. The topological polar surface area (TPSA) is 137 Å². The van der Waals surface area contributed by atoms with Gasteiger partial charge in [-0.15, -0.1) is 0 Å². The molecule has 0 spiro atoms. The number of hydrogen-bond acceptors (Lipinski definition) is 8. The van der Waals surface area contributed by atoms with Crippen molar-refractivity contribution in [1.82, 2.24) is 0 Å². The maximum absolute atomic E-state index is 12.1. The van der Waals surface area contributed by atoms with Crippen LogP contribution in [0.5, 0.6) is 0 Å². The van der Waals surface area contributed by atoms with Crippen LogP contribution in [0.4, 0.5) is 0 Å². The summed E-state index contributed by atoms with van der Waals surface area (Å²) in [7, 11) is 0. The molecule has 158 valence electrons. The lowest BCUT2D eigenvalue weighted by atomic mass is 9.68. The molecule has 1 saturated heterocycles. The number of carbonyl (C=O) groups excluding carboxylic acids is 1. The molecular formula is C20H30O8. The number of carbonyl (C=O) groups is 1. The van der Waals surface area contributed by atoms with Gasteiger partial charge in [0.2, 0.25) is 6.29 Å². The zero-order valence-electron chi connectivity index (χ0n) is 16.4. The van der Waals surface area contributed by atoms with Gasteiger partial charge in [0.05, 0.1) is 6.61 Å². The molecule has 0 amide bonds. The van der Waals surface area contributed by atoms with Crippen molar-refractivity contribution in [2.45, 2.75) is 69.9 Å². The maximum Gasteiger partial charge on any atom is 0.333 e. The first-order valence-electron chi connectivity index (χ1n) is 9.29. The summed E-state index contributed by atoms with van der Waals surface area (Å²) in [5.74, 6) is -0.836. The first-order valence-corrected chi connectivity index (χ1v) is 9.29. The molecule has 28 heavy (non-hydrogen) atoms. The van der Waals surface area contributed by atoms with Crippen molar-refractivity contribution in [1.29, 1.82) is 0 Å². The summed E-state index contributed by atoms with van der Waals surface area (Å²) in [5.41, 5.74) is -0.991. The molecule has 0 unspecified atom stereocenters. The third kappa shape index (κ3) is 4.89. The maximum atomic E-state index is 12.1. The van der Waals surface area contributed by atoms with Crippen LogP contribution in [0.15, 0.2) is 36.0 Å². The van der Waals surface area contributed by atoms with Crippen molar-refractivity contribution in [3.63, 3.8) is 0 Å². The van der Waals surface area contributed by atoms with Crippen LogP contribution in [0.1, 0.15) is 33.6 Å². The molecule has 0 bridgehead atoms. The Morgan fingerprint density at radius 3 is 2.54 bits per heavy atom. The number of allylic oxidation sites excluding steroid dienone is 3. The van der Waals surface area contributed by atoms with Crippen LogP contribution < -0.4 is 0 Å². The minimum Gasteiger partial charge on any atom is -0.430 e. The van der Waals surface area contributed by atoms with Gasteiger partial charge in [-0.05, 0) is 31.4 Å². The number of aliphatic hydroxyl groups is 5. The minimum absolute atomic E-state index is 0.352. The summed E-state index contributed by atoms with van der Waals surface area (Å²) < 4.78 is 10.1. The first-order chi connectivity index (χ1) is 13.0. The molecule has 2 rings (SSSR count). The van der Waals surface area contributed by atoms with Gasteiger partial charge in [0.1, 0.15) is 30.0 Å². The molecule has 0 saturated carbocycles. The standard InChI is InChI=1S/C20H30O8/c1-12(6-9-20(26)8-5-4-7-19(20,2)3)10-14(22)28-18-17(25)16(24)15(23)13(11-21)27-18/h5-6,8-10,13,15-18,21,23-26H,4,7,11H2,1-3H3/b9-6+,12-10-/t13-,15-,16+,17-,18+,20+/m1/s1. The van der Waals surface area contributed by atoms with Crippen molar-refractivity contribution in [2.24, 2.45) is 5.41 Å². The van der Waals surface area contributed by atoms with Gasteiger partial charge in [0.25, 0.3) is 0 Å². The van der Waals surface area contributed by atoms with E-state index in [9.17, 15) is 25.2 Å². The fraction of sp³-hybridized carbons (Fsp3) is 0.650. The highest BCUT2D eigenvalue weighted by Gasteiger charge is 2.45. The Hall–Kier alpha value is -1.55. The van der Waals surface area contributed by atoms with Crippen molar-refractivity contribution in [2.75, 3.05) is 6.61 Å². The fourth-order valence-corrected chi connectivity index (χ4v) is 3.22. The highest BCUT2D eigenvalue weighted by Crippen LogP contribution is 2.41. The summed E-state index contributed by atoms with van der Waals surface area (Å²) >= 11 is 0. The van der Waals surface area contributed by atoms with Crippen molar-refractivity contribution < 1.29 is 39.8 Å². The van der Waals surface area contributed by atoms with Crippen molar-refractivity contribution in [3.05, 3.63) is 36.0 Å². The molecule has 0 aromatic carbocycles. The molecule has 1 fully saturated rings. The van der Waals surface area contributed by atoms with Gasteiger partial charge in [-0.3, -0.25) is 0 Å². The zero-order valence-corrected chi connectivity index (χ0v) is 16.4. The van der Waals surface area contributed by atoms with E-state index in [1.807, 2.05) is 19.9 Å². The quantitative estimate of drug-likeness (QED) is 0.188. The average Bonchev–Trinajstić information content (AvgIpc) is 2.63. The van der Waals surface area contributed by atoms with Gasteiger partial charge in [-0.1, -0.05) is 32.1 Å². The second kappa shape index (κ2) is 8.86. The predicted molar refractivity (Wildman–Crippen MR) is 99.9 cm³/mol. The fourth-order valence-electron chi connectivity index (χ4n) is 3.22. The number of rotatable bonds is 5. The van der Waals surface area contributed by atoms with E-state index in [4.69, 9.17) is 14.6 Å². The van der Waals surface area contributed by atoms with E-state index >= 15 is 0 Å². The van der Waals surface area contributed by atoms with Crippen LogP contribution in [-0.2, 0) is 14.3 Å². The third-order valence-electron chi connectivity index (χ3n) is 5.42. The molecule has 6 atom stereocenters. The van der Waals surface area contributed by atoms with Crippen LogP contribution >= 0.6 is 0 Å². The molecular weight excluding hydrogens is 368 g/mol. The van der Waals surface area contributed by atoms with Gasteiger partial charge in [0, 0.05) is 11.5 Å². The van der Waals surface area contributed by atoms with E-state index in [0.29, 0.717) is 5.57 Å². The van der Waals surface area contributed by atoms with Gasteiger partial charge in [0.15, 0.2) is 0 Å². The molecule has 1 aliphatic heterocycles. The first kappa shape index (κ1) is 22.7. The van der Waals surface area contributed by atoms with E-state index in [1.54, 1.807) is 25.2 Å². The minimum atomic E-state index is -1.65. The Kier molecular flexibility index (Phi) is 7.19. The van der Waals surface area contributed by atoms with Crippen LogP contribution in [-0.4, -0.2) is 74.4 Å². The van der Waals surface area contributed by atoms with Gasteiger partial charge >= 0.3 is 5.97 Å². The third-order valence-corrected chi connectivity index (χ3v) is 5.42. The van der Waals surface area contributed by atoms with Crippen LogP contribution in [0.3, 0.4) is 0 Å². The smallest absolute Gasteiger partial charge is 0.333 e. The molecule has 1 aliphatic carbocycles. The van der Waals surface area contributed by atoms with Crippen LogP contribution in [0.2, 0.25) is 0 Å². The van der Waals surface area contributed by atoms with Crippen LogP contribution in [0.25, 0.3) is 0 Å². The second-order valence-corrected chi connectivity index (χ2v) is 8.01. The van der Waals surface area contributed by atoms with E-state index in [0.717, 1.165) is 18.9 Å². The lowest BCUT2D eigenvalue weighted by molar-refractivity contribution is -0.291. The van der Waals surface area contributed by atoms with E-state index in [1.165, 1.54) is 0 Å². The van der Waals surface area contributed by atoms with E-state index in [-0.39, 0.29) is 5.41 Å². The lowest BCUT2D eigenvalue weighted by Gasteiger charge is -2.41. The second-order valence-electron chi connectivity index (χ2n) is 8.01. The van der Waals surface area contributed by atoms with Crippen molar-refractivity contribution in [3.8, 4) is 0 Å². The number of esters is 1. The molecule has 5 N–H and O–H groups in total. The Morgan fingerprint density at radius 1 is 1.25 bits per heavy atom. The molecule has 2 aliphatic rings. The summed E-state index contributed by atoms with van der Waals surface area (Å²) in [6, 6.07) is 0. The highest BCUT2D eigenvalue weighted by atomic mass is 16.7. The molecule has 8 heteroatoms. The van der Waals surface area contributed by atoms with E-state index in [2.05, 4.69) is 0 Å². The Bertz CT molecular complexity index is 651. The molecule has 1 heterocycles. The summed E-state index contributed by atoms with van der Waals surface area (Å²) in [6.45, 7) is 4.97. The monoisotopic (exact) mass is 398 g/mol. The number of aliphatic hydroxyl groups excluding tert-OH is 4.